The molecule has 0 bridgehead atoms. The monoisotopic (exact) mass is 640 g/mol. The molecule has 0 aliphatic rings. The summed E-state index contributed by atoms with van der Waals surface area (Å²) in [5.74, 6) is 1.10. The van der Waals surface area contributed by atoms with Crippen molar-refractivity contribution in [1.82, 2.24) is 10.4 Å². The number of nitrogens with zero attached hydrogens (tertiary/aromatic N) is 2. The third-order valence-corrected chi connectivity index (χ3v) is 6.97. The molecule has 0 radical (unpaired) electrons. The number of carbonyl (C=O) groups is 1. The van der Waals surface area contributed by atoms with Crippen LogP contribution in [0.5, 0.6) is 11.5 Å². The lowest BCUT2D eigenvalue weighted by Crippen LogP contribution is -2.17. The first-order chi connectivity index (χ1) is 18.5. The molecule has 4 aromatic rings. The molecule has 0 aliphatic carbocycles. The second-order valence-corrected chi connectivity index (χ2v) is 10.4. The Bertz CT molecular complexity index is 1400. The van der Waals surface area contributed by atoms with Crippen LogP contribution in [-0.4, -0.2) is 30.3 Å². The van der Waals surface area contributed by atoms with Crippen LogP contribution >= 0.6 is 33.9 Å². The molecule has 196 valence electrons. The molecule has 3 aromatic carbocycles. The lowest BCUT2D eigenvalue weighted by atomic mass is 10.1. The largest absolute Gasteiger partial charge is 0.490 e. The highest BCUT2D eigenvalue weighted by molar-refractivity contribution is 14.1. The van der Waals surface area contributed by atoms with E-state index in [4.69, 9.17) is 9.47 Å². The fourth-order valence-electron chi connectivity index (χ4n) is 3.52. The van der Waals surface area contributed by atoms with Gasteiger partial charge in [0.2, 0.25) is 0 Å². The molecule has 1 heterocycles. The van der Waals surface area contributed by atoms with Crippen molar-refractivity contribution in [1.29, 1.82) is 0 Å². The van der Waals surface area contributed by atoms with E-state index >= 15 is 0 Å². The quantitative estimate of drug-likeness (QED) is 0.101. The maximum Gasteiger partial charge on any atom is 0.271 e. The molecular formula is C29H29IN4O3S. The lowest BCUT2D eigenvalue weighted by Gasteiger charge is -2.14. The number of benzene rings is 3. The van der Waals surface area contributed by atoms with Crippen LogP contribution < -0.4 is 20.2 Å². The number of aryl methyl sites for hydroxylation is 1. The predicted octanol–water partition coefficient (Wildman–Crippen LogP) is 7.42. The topological polar surface area (TPSA) is 84.8 Å². The highest BCUT2D eigenvalue weighted by Gasteiger charge is 2.12. The van der Waals surface area contributed by atoms with Crippen LogP contribution in [0.15, 0.2) is 71.1 Å². The second-order valence-electron chi connectivity index (χ2n) is 8.42. The van der Waals surface area contributed by atoms with E-state index in [1.54, 1.807) is 18.3 Å². The van der Waals surface area contributed by atoms with Crippen molar-refractivity contribution >= 4 is 56.9 Å². The lowest BCUT2D eigenvalue weighted by molar-refractivity contribution is 0.0955. The van der Waals surface area contributed by atoms with E-state index in [0.717, 1.165) is 43.4 Å². The fourth-order valence-corrected chi connectivity index (χ4v) is 5.04. The average molecular weight is 641 g/mol. The molecule has 0 saturated heterocycles. The molecule has 4 rings (SSSR count). The maximum absolute atomic E-state index is 12.6. The van der Waals surface area contributed by atoms with Gasteiger partial charge in [0.1, 0.15) is 0 Å². The number of amides is 1. The summed E-state index contributed by atoms with van der Waals surface area (Å²) in [5.41, 5.74) is 7.89. The second kappa shape index (κ2) is 13.4. The Morgan fingerprint density at radius 2 is 1.84 bits per heavy atom. The third kappa shape index (κ3) is 7.32. The van der Waals surface area contributed by atoms with Gasteiger partial charge in [-0.3, -0.25) is 4.79 Å². The van der Waals surface area contributed by atoms with Crippen molar-refractivity contribution in [3.63, 3.8) is 0 Å². The molecular weight excluding hydrogens is 611 g/mol. The van der Waals surface area contributed by atoms with Crippen LogP contribution in [0, 0.1) is 10.5 Å². The number of rotatable bonds is 11. The number of halogens is 1. The SMILES string of the molecule is CCCOc1c(I)cc(/C=N\NC(=O)c2ccc(-c3csc(Nc4ccc(C)cc4)n3)cc2)cc1OCC. The van der Waals surface area contributed by atoms with Gasteiger partial charge in [-0.05, 0) is 84.8 Å². The van der Waals surface area contributed by atoms with Gasteiger partial charge in [0, 0.05) is 22.2 Å². The number of hydrogen-bond donors (Lipinski definition) is 2. The van der Waals surface area contributed by atoms with E-state index in [9.17, 15) is 4.79 Å². The molecule has 0 atom stereocenters. The highest BCUT2D eigenvalue weighted by Crippen LogP contribution is 2.34. The first-order valence-electron chi connectivity index (χ1n) is 12.3. The van der Waals surface area contributed by atoms with Gasteiger partial charge in [-0.1, -0.05) is 36.8 Å². The van der Waals surface area contributed by atoms with Crippen molar-refractivity contribution in [3.8, 4) is 22.8 Å². The molecule has 38 heavy (non-hydrogen) atoms. The summed E-state index contributed by atoms with van der Waals surface area (Å²) in [7, 11) is 0. The molecule has 1 amide bonds. The van der Waals surface area contributed by atoms with Gasteiger partial charge in [-0.2, -0.15) is 5.10 Å². The molecule has 0 unspecified atom stereocenters. The van der Waals surface area contributed by atoms with Crippen molar-refractivity contribution in [2.24, 2.45) is 5.10 Å². The first kappa shape index (κ1) is 27.6. The summed E-state index contributed by atoms with van der Waals surface area (Å²) in [6.45, 7) is 7.19. The third-order valence-electron chi connectivity index (χ3n) is 5.41. The standard InChI is InChI=1S/C29H29IN4O3S/c1-4-14-37-27-24(30)15-20(16-26(27)36-5-2)17-31-34-28(35)22-10-8-21(9-11-22)25-18-38-29(33-25)32-23-12-6-19(3)7-13-23/h6-13,15-18H,4-5,14H2,1-3H3,(H,32,33)(H,34,35)/b31-17-. The Kier molecular flexibility index (Phi) is 9.72. The van der Waals surface area contributed by atoms with Gasteiger partial charge in [-0.15, -0.1) is 11.3 Å². The number of hydrogen-bond acceptors (Lipinski definition) is 7. The summed E-state index contributed by atoms with van der Waals surface area (Å²) >= 11 is 3.75. The fraction of sp³-hybridized carbons (Fsp3) is 0.207. The van der Waals surface area contributed by atoms with Gasteiger partial charge in [0.25, 0.3) is 5.91 Å². The Hall–Kier alpha value is -3.44. The summed E-state index contributed by atoms with van der Waals surface area (Å²) in [6.07, 6.45) is 2.51. The summed E-state index contributed by atoms with van der Waals surface area (Å²) in [6, 6.07) is 19.3. The molecule has 7 nitrogen and oxygen atoms in total. The first-order valence-corrected chi connectivity index (χ1v) is 14.2. The average Bonchev–Trinajstić information content (AvgIpc) is 3.38. The zero-order valence-electron chi connectivity index (χ0n) is 21.5. The Labute approximate surface area is 240 Å². The zero-order chi connectivity index (χ0) is 26.9. The van der Waals surface area contributed by atoms with Crippen molar-refractivity contribution in [3.05, 3.63) is 86.3 Å². The van der Waals surface area contributed by atoms with E-state index in [1.807, 2.05) is 48.7 Å². The zero-order valence-corrected chi connectivity index (χ0v) is 24.4. The highest BCUT2D eigenvalue weighted by atomic mass is 127. The number of carbonyl (C=O) groups excluding carboxylic acids is 1. The van der Waals surface area contributed by atoms with Crippen LogP contribution in [0.1, 0.15) is 41.8 Å². The van der Waals surface area contributed by atoms with Crippen molar-refractivity contribution in [2.75, 3.05) is 18.5 Å². The van der Waals surface area contributed by atoms with Crippen LogP contribution in [0.25, 0.3) is 11.3 Å². The van der Waals surface area contributed by atoms with Gasteiger partial charge in [0.05, 0.1) is 28.7 Å². The number of anilines is 2. The minimum Gasteiger partial charge on any atom is -0.490 e. The Morgan fingerprint density at radius 1 is 1.08 bits per heavy atom. The Balaban J connectivity index is 1.37. The van der Waals surface area contributed by atoms with Crippen LogP contribution in [0.2, 0.25) is 0 Å². The normalized spacial score (nSPS) is 10.9. The number of thiazole rings is 1. The molecule has 0 aliphatic heterocycles. The van der Waals surface area contributed by atoms with E-state index in [2.05, 4.69) is 69.4 Å². The number of ether oxygens (including phenoxy) is 2. The van der Waals surface area contributed by atoms with E-state index < -0.39 is 0 Å². The number of nitrogens with one attached hydrogen (secondary N) is 2. The van der Waals surface area contributed by atoms with Crippen LogP contribution in [-0.2, 0) is 0 Å². The van der Waals surface area contributed by atoms with Crippen LogP contribution in [0.4, 0.5) is 10.8 Å². The van der Waals surface area contributed by atoms with E-state index in [1.165, 1.54) is 16.9 Å². The molecule has 0 saturated carbocycles. The number of hydrazone groups is 1. The maximum atomic E-state index is 12.6. The predicted molar refractivity (Wildman–Crippen MR) is 163 cm³/mol. The van der Waals surface area contributed by atoms with Gasteiger partial charge >= 0.3 is 0 Å². The number of aromatic nitrogens is 1. The van der Waals surface area contributed by atoms with Crippen molar-refractivity contribution in [2.45, 2.75) is 27.2 Å². The molecule has 0 fully saturated rings. The van der Waals surface area contributed by atoms with Gasteiger partial charge in [0.15, 0.2) is 16.6 Å². The van der Waals surface area contributed by atoms with Gasteiger partial charge in [-0.25, -0.2) is 10.4 Å². The van der Waals surface area contributed by atoms with Crippen molar-refractivity contribution < 1.29 is 14.3 Å². The van der Waals surface area contributed by atoms with Crippen LogP contribution in [0.3, 0.4) is 0 Å². The summed E-state index contributed by atoms with van der Waals surface area (Å²) in [4.78, 5) is 17.3. The summed E-state index contributed by atoms with van der Waals surface area (Å²) < 4.78 is 12.5. The van der Waals surface area contributed by atoms with Gasteiger partial charge < -0.3 is 14.8 Å². The van der Waals surface area contributed by atoms with E-state index in [0.29, 0.717) is 24.5 Å². The summed E-state index contributed by atoms with van der Waals surface area (Å²) in [5, 5.41) is 10.3. The van der Waals surface area contributed by atoms with E-state index in [-0.39, 0.29) is 5.91 Å². The molecule has 2 N–H and O–H groups in total. The smallest absolute Gasteiger partial charge is 0.271 e. The molecule has 0 spiro atoms. The molecule has 9 heteroatoms. The Morgan fingerprint density at radius 3 is 2.55 bits per heavy atom. The minimum atomic E-state index is -0.296. The minimum absolute atomic E-state index is 0.296. The molecule has 1 aromatic heterocycles.